The largest absolute Gasteiger partial charge is 0.308 e. The van der Waals surface area contributed by atoms with E-state index in [-0.39, 0.29) is 0 Å². The molecule has 1 saturated carbocycles. The van der Waals surface area contributed by atoms with Crippen molar-refractivity contribution in [2.24, 2.45) is 0 Å². The molecule has 1 aliphatic rings. The second kappa shape index (κ2) is 7.06. The average Bonchev–Trinajstić information content (AvgIpc) is 2.46. The molecule has 0 radical (unpaired) electrons. The number of halogens is 1. The molecule has 0 spiro atoms. The summed E-state index contributed by atoms with van der Waals surface area (Å²) in [5.41, 5.74) is 1.71. The fourth-order valence-electron chi connectivity index (χ4n) is 3.20. The SMILES string of the molecule is CC(NCC1(N(C)C)CCCCC1)c1ccc(Br)cc1. The third kappa shape index (κ3) is 3.84. The molecule has 1 aromatic rings. The molecule has 112 valence electrons. The standard InChI is InChI=1S/C17H27BrN2/c1-14(15-7-9-16(18)10-8-15)19-13-17(20(2)3)11-5-4-6-12-17/h7-10,14,19H,4-6,11-13H2,1-3H3. The van der Waals surface area contributed by atoms with Gasteiger partial charge in [0.2, 0.25) is 0 Å². The second-order valence-electron chi connectivity index (χ2n) is 6.33. The minimum absolute atomic E-state index is 0.349. The van der Waals surface area contributed by atoms with Crippen LogP contribution in [0.2, 0.25) is 0 Å². The van der Waals surface area contributed by atoms with E-state index < -0.39 is 0 Å². The molecule has 1 fully saturated rings. The average molecular weight is 339 g/mol. The normalized spacial score (nSPS) is 20.1. The van der Waals surface area contributed by atoms with Gasteiger partial charge >= 0.3 is 0 Å². The lowest BCUT2D eigenvalue weighted by molar-refractivity contribution is 0.0958. The predicted molar refractivity (Wildman–Crippen MR) is 90.1 cm³/mol. The van der Waals surface area contributed by atoms with Crippen LogP contribution in [0.4, 0.5) is 0 Å². The van der Waals surface area contributed by atoms with Gasteiger partial charge in [-0.05, 0) is 51.6 Å². The van der Waals surface area contributed by atoms with Gasteiger partial charge in [-0.1, -0.05) is 47.3 Å². The summed E-state index contributed by atoms with van der Waals surface area (Å²) in [6.45, 7) is 3.34. The van der Waals surface area contributed by atoms with Gasteiger partial charge in [-0.2, -0.15) is 0 Å². The summed E-state index contributed by atoms with van der Waals surface area (Å²) in [4.78, 5) is 2.44. The molecule has 1 unspecified atom stereocenters. The molecule has 0 amide bonds. The van der Waals surface area contributed by atoms with Crippen LogP contribution in [0.15, 0.2) is 28.7 Å². The number of rotatable bonds is 5. The van der Waals surface area contributed by atoms with E-state index in [1.165, 1.54) is 37.7 Å². The molecule has 0 saturated heterocycles. The van der Waals surface area contributed by atoms with Crippen LogP contribution < -0.4 is 5.32 Å². The maximum Gasteiger partial charge on any atom is 0.0328 e. The van der Waals surface area contributed by atoms with Crippen molar-refractivity contribution in [1.82, 2.24) is 10.2 Å². The van der Waals surface area contributed by atoms with Crippen molar-refractivity contribution in [2.45, 2.75) is 50.6 Å². The Morgan fingerprint density at radius 2 is 1.75 bits per heavy atom. The van der Waals surface area contributed by atoms with E-state index >= 15 is 0 Å². The molecule has 0 aromatic heterocycles. The lowest BCUT2D eigenvalue weighted by Crippen LogP contribution is -2.53. The summed E-state index contributed by atoms with van der Waals surface area (Å²) in [6.07, 6.45) is 6.77. The molecular weight excluding hydrogens is 312 g/mol. The summed E-state index contributed by atoms with van der Waals surface area (Å²) >= 11 is 3.50. The van der Waals surface area contributed by atoms with Crippen LogP contribution in [-0.4, -0.2) is 31.1 Å². The van der Waals surface area contributed by atoms with Crippen LogP contribution in [0.1, 0.15) is 50.6 Å². The Hall–Kier alpha value is -0.380. The van der Waals surface area contributed by atoms with Crippen molar-refractivity contribution < 1.29 is 0 Å². The highest BCUT2D eigenvalue weighted by molar-refractivity contribution is 9.10. The predicted octanol–water partition coefficient (Wildman–Crippen LogP) is 4.36. The highest BCUT2D eigenvalue weighted by Crippen LogP contribution is 2.32. The molecule has 1 aromatic carbocycles. The van der Waals surface area contributed by atoms with Crippen LogP contribution in [-0.2, 0) is 0 Å². The highest BCUT2D eigenvalue weighted by Gasteiger charge is 2.34. The van der Waals surface area contributed by atoms with E-state index in [0.29, 0.717) is 11.6 Å². The number of benzene rings is 1. The highest BCUT2D eigenvalue weighted by atomic mass is 79.9. The minimum atomic E-state index is 0.349. The van der Waals surface area contributed by atoms with Gasteiger partial charge in [0.25, 0.3) is 0 Å². The zero-order valence-corrected chi connectivity index (χ0v) is 14.5. The number of hydrogen-bond acceptors (Lipinski definition) is 2. The molecule has 20 heavy (non-hydrogen) atoms. The quantitative estimate of drug-likeness (QED) is 0.857. The first-order chi connectivity index (χ1) is 9.53. The maximum absolute atomic E-state index is 3.75. The van der Waals surface area contributed by atoms with Crippen LogP contribution in [0, 0.1) is 0 Å². The van der Waals surface area contributed by atoms with Gasteiger partial charge in [0.05, 0.1) is 0 Å². The fraction of sp³-hybridized carbons (Fsp3) is 0.647. The Labute approximate surface area is 132 Å². The van der Waals surface area contributed by atoms with Crippen molar-refractivity contribution in [1.29, 1.82) is 0 Å². The van der Waals surface area contributed by atoms with Crippen molar-refractivity contribution in [3.63, 3.8) is 0 Å². The Balaban J connectivity index is 1.96. The summed E-state index contributed by atoms with van der Waals surface area (Å²) < 4.78 is 1.14. The molecule has 2 nitrogen and oxygen atoms in total. The molecular formula is C17H27BrN2. The van der Waals surface area contributed by atoms with Crippen LogP contribution in [0.25, 0.3) is 0 Å². The Kier molecular flexibility index (Phi) is 5.65. The molecule has 0 aliphatic heterocycles. The van der Waals surface area contributed by atoms with E-state index in [0.717, 1.165) is 11.0 Å². The van der Waals surface area contributed by atoms with E-state index in [9.17, 15) is 0 Å². The van der Waals surface area contributed by atoms with Gasteiger partial charge < -0.3 is 10.2 Å². The Bertz CT molecular complexity index is 408. The van der Waals surface area contributed by atoms with Crippen molar-refractivity contribution in [3.8, 4) is 0 Å². The summed E-state index contributed by atoms with van der Waals surface area (Å²) in [5.74, 6) is 0. The van der Waals surface area contributed by atoms with Gasteiger partial charge in [-0.25, -0.2) is 0 Å². The van der Waals surface area contributed by atoms with E-state index in [2.05, 4.69) is 71.4 Å². The first-order valence-electron chi connectivity index (χ1n) is 7.70. The smallest absolute Gasteiger partial charge is 0.0328 e. The zero-order chi connectivity index (χ0) is 14.6. The molecule has 1 atom stereocenters. The first-order valence-corrected chi connectivity index (χ1v) is 8.49. The zero-order valence-electron chi connectivity index (χ0n) is 13.0. The van der Waals surface area contributed by atoms with E-state index in [1.54, 1.807) is 0 Å². The number of nitrogens with one attached hydrogen (secondary N) is 1. The van der Waals surface area contributed by atoms with Crippen molar-refractivity contribution in [2.75, 3.05) is 20.6 Å². The Morgan fingerprint density at radius 1 is 1.15 bits per heavy atom. The summed E-state index contributed by atoms with van der Waals surface area (Å²) in [6, 6.07) is 9.04. The Morgan fingerprint density at radius 3 is 2.30 bits per heavy atom. The lowest BCUT2D eigenvalue weighted by atomic mass is 9.80. The van der Waals surface area contributed by atoms with Crippen LogP contribution in [0.5, 0.6) is 0 Å². The molecule has 3 heteroatoms. The van der Waals surface area contributed by atoms with Crippen molar-refractivity contribution >= 4 is 15.9 Å². The third-order valence-electron chi connectivity index (χ3n) is 4.84. The molecule has 1 N–H and O–H groups in total. The third-order valence-corrected chi connectivity index (χ3v) is 5.37. The first kappa shape index (κ1) is 16.0. The number of likely N-dealkylation sites (N-methyl/N-ethyl adjacent to an activating group) is 1. The topological polar surface area (TPSA) is 15.3 Å². The van der Waals surface area contributed by atoms with E-state index in [4.69, 9.17) is 0 Å². The van der Waals surface area contributed by atoms with Gasteiger partial charge in [0.15, 0.2) is 0 Å². The van der Waals surface area contributed by atoms with Gasteiger partial charge in [-0.3, -0.25) is 0 Å². The van der Waals surface area contributed by atoms with Gasteiger partial charge in [0.1, 0.15) is 0 Å². The molecule has 1 aliphatic carbocycles. The maximum atomic E-state index is 3.75. The summed E-state index contributed by atoms with van der Waals surface area (Å²) in [5, 5.41) is 3.75. The number of hydrogen-bond donors (Lipinski definition) is 1. The summed E-state index contributed by atoms with van der Waals surface area (Å²) in [7, 11) is 4.47. The lowest BCUT2D eigenvalue weighted by Gasteiger charge is -2.44. The molecule has 0 heterocycles. The van der Waals surface area contributed by atoms with E-state index in [1.807, 2.05) is 0 Å². The minimum Gasteiger partial charge on any atom is -0.308 e. The molecule has 0 bridgehead atoms. The fourth-order valence-corrected chi connectivity index (χ4v) is 3.47. The van der Waals surface area contributed by atoms with Crippen molar-refractivity contribution in [3.05, 3.63) is 34.3 Å². The number of nitrogens with zero attached hydrogens (tertiary/aromatic N) is 1. The van der Waals surface area contributed by atoms with Crippen LogP contribution >= 0.6 is 15.9 Å². The monoisotopic (exact) mass is 338 g/mol. The molecule has 2 rings (SSSR count). The van der Waals surface area contributed by atoms with Crippen LogP contribution in [0.3, 0.4) is 0 Å². The van der Waals surface area contributed by atoms with Gasteiger partial charge in [0, 0.05) is 22.6 Å². The second-order valence-corrected chi connectivity index (χ2v) is 7.25. The van der Waals surface area contributed by atoms with Gasteiger partial charge in [-0.15, -0.1) is 0 Å².